The SMILES string of the molecule is Cc1ncn(Cc2nc(Cl)c3ccsc3n2)c1C. The Kier molecular flexibility index (Phi) is 2.80. The van der Waals surface area contributed by atoms with E-state index in [9.17, 15) is 0 Å². The highest BCUT2D eigenvalue weighted by Crippen LogP contribution is 2.25. The van der Waals surface area contributed by atoms with Crippen molar-refractivity contribution in [3.05, 3.63) is 40.1 Å². The van der Waals surface area contributed by atoms with Crippen molar-refractivity contribution in [1.82, 2.24) is 19.5 Å². The van der Waals surface area contributed by atoms with Crippen LogP contribution in [0.4, 0.5) is 0 Å². The first kappa shape index (κ1) is 11.6. The minimum absolute atomic E-state index is 0.519. The Morgan fingerprint density at radius 2 is 2.17 bits per heavy atom. The van der Waals surface area contributed by atoms with Crippen molar-refractivity contribution in [3.63, 3.8) is 0 Å². The number of imidazole rings is 1. The number of hydrogen-bond donors (Lipinski definition) is 0. The van der Waals surface area contributed by atoms with E-state index in [2.05, 4.69) is 15.0 Å². The predicted octanol–water partition coefficient (Wildman–Crippen LogP) is 3.21. The van der Waals surface area contributed by atoms with Crippen molar-refractivity contribution in [2.75, 3.05) is 0 Å². The number of fused-ring (bicyclic) bond motifs is 1. The predicted molar refractivity (Wildman–Crippen MR) is 73.2 cm³/mol. The molecule has 18 heavy (non-hydrogen) atoms. The first-order chi connectivity index (χ1) is 8.65. The van der Waals surface area contributed by atoms with Crippen molar-refractivity contribution in [2.24, 2.45) is 0 Å². The number of thiophene rings is 1. The lowest BCUT2D eigenvalue weighted by Crippen LogP contribution is -2.05. The normalized spacial score (nSPS) is 11.3. The van der Waals surface area contributed by atoms with E-state index in [-0.39, 0.29) is 0 Å². The van der Waals surface area contributed by atoms with E-state index in [0.717, 1.165) is 27.4 Å². The van der Waals surface area contributed by atoms with Gasteiger partial charge in [-0.3, -0.25) is 0 Å². The quantitative estimate of drug-likeness (QED) is 0.676. The molecule has 4 nitrogen and oxygen atoms in total. The van der Waals surface area contributed by atoms with Gasteiger partial charge in [0.25, 0.3) is 0 Å². The van der Waals surface area contributed by atoms with Gasteiger partial charge in [-0.2, -0.15) is 0 Å². The summed E-state index contributed by atoms with van der Waals surface area (Å²) in [6.07, 6.45) is 1.81. The summed E-state index contributed by atoms with van der Waals surface area (Å²) in [6, 6.07) is 1.94. The zero-order valence-electron chi connectivity index (χ0n) is 10.0. The Balaban J connectivity index is 2.02. The Morgan fingerprint density at radius 1 is 1.33 bits per heavy atom. The van der Waals surface area contributed by atoms with Crippen LogP contribution >= 0.6 is 22.9 Å². The number of aromatic nitrogens is 4. The van der Waals surface area contributed by atoms with Gasteiger partial charge in [0.05, 0.1) is 18.6 Å². The molecule has 0 N–H and O–H groups in total. The van der Waals surface area contributed by atoms with E-state index in [1.165, 1.54) is 0 Å². The summed E-state index contributed by atoms with van der Waals surface area (Å²) in [5.74, 6) is 0.718. The Bertz CT molecular complexity index is 716. The lowest BCUT2D eigenvalue weighted by Gasteiger charge is -2.05. The fraction of sp³-hybridized carbons (Fsp3) is 0.250. The van der Waals surface area contributed by atoms with Crippen molar-refractivity contribution < 1.29 is 0 Å². The first-order valence-corrected chi connectivity index (χ1v) is 6.79. The maximum Gasteiger partial charge on any atom is 0.151 e. The number of hydrogen-bond acceptors (Lipinski definition) is 4. The third kappa shape index (κ3) is 1.89. The highest BCUT2D eigenvalue weighted by Gasteiger charge is 2.09. The number of halogens is 1. The van der Waals surface area contributed by atoms with Gasteiger partial charge < -0.3 is 4.57 Å². The van der Waals surface area contributed by atoms with Crippen LogP contribution in [0.3, 0.4) is 0 Å². The van der Waals surface area contributed by atoms with Crippen LogP contribution < -0.4 is 0 Å². The van der Waals surface area contributed by atoms with Crippen LogP contribution in [0.5, 0.6) is 0 Å². The molecule has 3 aromatic heterocycles. The third-order valence-electron chi connectivity index (χ3n) is 2.98. The van der Waals surface area contributed by atoms with E-state index in [1.807, 2.05) is 29.9 Å². The van der Waals surface area contributed by atoms with Crippen molar-refractivity contribution in [2.45, 2.75) is 20.4 Å². The van der Waals surface area contributed by atoms with Crippen LogP contribution in [-0.4, -0.2) is 19.5 Å². The molecule has 0 radical (unpaired) electrons. The van der Waals surface area contributed by atoms with Gasteiger partial charge in [0.2, 0.25) is 0 Å². The van der Waals surface area contributed by atoms with Crippen LogP contribution in [0, 0.1) is 13.8 Å². The number of rotatable bonds is 2. The van der Waals surface area contributed by atoms with E-state index >= 15 is 0 Å². The highest BCUT2D eigenvalue weighted by atomic mass is 35.5. The highest BCUT2D eigenvalue weighted by molar-refractivity contribution is 7.16. The fourth-order valence-electron chi connectivity index (χ4n) is 1.79. The number of aryl methyl sites for hydroxylation is 1. The van der Waals surface area contributed by atoms with Gasteiger partial charge in [0.1, 0.15) is 9.98 Å². The molecule has 0 aliphatic carbocycles. The first-order valence-electron chi connectivity index (χ1n) is 5.53. The van der Waals surface area contributed by atoms with E-state index < -0.39 is 0 Å². The second-order valence-corrected chi connectivity index (χ2v) is 5.37. The van der Waals surface area contributed by atoms with E-state index in [1.54, 1.807) is 17.7 Å². The maximum absolute atomic E-state index is 6.15. The molecule has 0 spiro atoms. The third-order valence-corrected chi connectivity index (χ3v) is 4.08. The lowest BCUT2D eigenvalue weighted by molar-refractivity contribution is 0.727. The van der Waals surface area contributed by atoms with Crippen LogP contribution in [0.15, 0.2) is 17.8 Å². The summed E-state index contributed by atoms with van der Waals surface area (Å²) in [7, 11) is 0. The van der Waals surface area contributed by atoms with Crippen molar-refractivity contribution >= 4 is 33.2 Å². The Morgan fingerprint density at radius 3 is 2.89 bits per heavy atom. The van der Waals surface area contributed by atoms with Crippen LogP contribution in [0.25, 0.3) is 10.2 Å². The smallest absolute Gasteiger partial charge is 0.151 e. The largest absolute Gasteiger partial charge is 0.327 e. The van der Waals surface area contributed by atoms with Crippen LogP contribution in [0.1, 0.15) is 17.2 Å². The molecule has 3 aromatic rings. The summed E-state index contributed by atoms with van der Waals surface area (Å²) >= 11 is 7.72. The summed E-state index contributed by atoms with van der Waals surface area (Å²) in [5, 5.41) is 3.41. The second-order valence-electron chi connectivity index (χ2n) is 4.11. The summed E-state index contributed by atoms with van der Waals surface area (Å²) < 4.78 is 2.03. The summed E-state index contributed by atoms with van der Waals surface area (Å²) in [6.45, 7) is 4.62. The Hall–Kier alpha value is -1.46. The second kappa shape index (κ2) is 4.33. The van der Waals surface area contributed by atoms with Crippen molar-refractivity contribution in [1.29, 1.82) is 0 Å². The van der Waals surface area contributed by atoms with Gasteiger partial charge in [0, 0.05) is 11.1 Å². The molecule has 0 fully saturated rings. The lowest BCUT2D eigenvalue weighted by atomic mass is 10.3. The summed E-state index contributed by atoms with van der Waals surface area (Å²) in [4.78, 5) is 14.0. The van der Waals surface area contributed by atoms with Crippen LogP contribution in [-0.2, 0) is 6.54 Å². The molecule has 0 bridgehead atoms. The molecular weight excluding hydrogens is 268 g/mol. The van der Waals surface area contributed by atoms with Crippen molar-refractivity contribution in [3.8, 4) is 0 Å². The zero-order chi connectivity index (χ0) is 12.7. The average molecular weight is 279 g/mol. The average Bonchev–Trinajstić information content (AvgIpc) is 2.91. The van der Waals surface area contributed by atoms with Gasteiger partial charge >= 0.3 is 0 Å². The number of nitrogens with zero attached hydrogens (tertiary/aromatic N) is 4. The summed E-state index contributed by atoms with van der Waals surface area (Å²) in [5.41, 5.74) is 2.15. The molecule has 0 saturated carbocycles. The van der Waals surface area contributed by atoms with Gasteiger partial charge in [-0.15, -0.1) is 11.3 Å². The molecule has 0 aromatic carbocycles. The Labute approximate surface area is 113 Å². The molecule has 3 rings (SSSR count). The molecule has 0 saturated heterocycles. The molecule has 0 aliphatic rings. The molecule has 6 heteroatoms. The maximum atomic E-state index is 6.15. The van der Waals surface area contributed by atoms with E-state index in [0.29, 0.717) is 11.7 Å². The molecular formula is C12H11ClN4S. The molecule has 0 amide bonds. The zero-order valence-corrected chi connectivity index (χ0v) is 11.6. The van der Waals surface area contributed by atoms with Gasteiger partial charge in [0.15, 0.2) is 5.82 Å². The minimum atomic E-state index is 0.519. The van der Waals surface area contributed by atoms with Gasteiger partial charge in [-0.25, -0.2) is 15.0 Å². The molecule has 0 aliphatic heterocycles. The molecule has 3 heterocycles. The minimum Gasteiger partial charge on any atom is -0.327 e. The van der Waals surface area contributed by atoms with Gasteiger partial charge in [-0.05, 0) is 25.3 Å². The standard InChI is InChI=1S/C12H11ClN4S/c1-7-8(2)17(6-14-7)5-10-15-11(13)9-3-4-18-12(9)16-10/h3-4,6H,5H2,1-2H3. The fourth-order valence-corrected chi connectivity index (χ4v) is 2.88. The van der Waals surface area contributed by atoms with Gasteiger partial charge in [-0.1, -0.05) is 11.6 Å². The van der Waals surface area contributed by atoms with Crippen LogP contribution in [0.2, 0.25) is 5.15 Å². The molecule has 92 valence electrons. The topological polar surface area (TPSA) is 43.6 Å². The molecule has 0 unspecified atom stereocenters. The molecule has 0 atom stereocenters. The van der Waals surface area contributed by atoms with E-state index in [4.69, 9.17) is 11.6 Å². The monoisotopic (exact) mass is 278 g/mol.